The first-order chi connectivity index (χ1) is 12.7. The fourth-order valence-corrected chi connectivity index (χ4v) is 3.02. The number of amides is 1. The van der Waals surface area contributed by atoms with E-state index in [1.165, 1.54) is 0 Å². The zero-order valence-electron chi connectivity index (χ0n) is 17.3. The Kier molecular flexibility index (Phi) is 6.44. The van der Waals surface area contributed by atoms with E-state index in [1.807, 2.05) is 69.9 Å². The van der Waals surface area contributed by atoms with Crippen LogP contribution >= 0.6 is 0 Å². The van der Waals surface area contributed by atoms with E-state index in [0.29, 0.717) is 17.9 Å². The number of likely N-dealkylation sites (N-methyl/N-ethyl adjacent to an activating group) is 1. The fraction of sp³-hybridized carbons (Fsp3) is 0.429. The summed E-state index contributed by atoms with van der Waals surface area (Å²) in [4.78, 5) is 21.4. The highest BCUT2D eigenvalue weighted by molar-refractivity contribution is 6.08. The molecular weight excluding hydrogens is 340 g/mol. The van der Waals surface area contributed by atoms with Crippen molar-refractivity contribution in [3.8, 4) is 0 Å². The van der Waals surface area contributed by atoms with Crippen LogP contribution in [0.15, 0.2) is 36.5 Å². The maximum absolute atomic E-state index is 13.0. The van der Waals surface area contributed by atoms with E-state index in [0.717, 1.165) is 16.9 Å². The monoisotopic (exact) mass is 370 g/mol. The Balaban J connectivity index is 2.29. The molecule has 6 heteroatoms. The topological polar surface area (TPSA) is 57.7 Å². The average Bonchev–Trinajstić information content (AvgIpc) is 2.62. The summed E-state index contributed by atoms with van der Waals surface area (Å²) in [5.74, 6) is 0.445. The van der Waals surface area contributed by atoms with Crippen LogP contribution in [0.5, 0.6) is 0 Å². The molecule has 2 rings (SSSR count). The molecule has 1 amide bonds. The quantitative estimate of drug-likeness (QED) is 0.807. The summed E-state index contributed by atoms with van der Waals surface area (Å²) in [5.41, 5.74) is 3.06. The number of hydrogen-bond donors (Lipinski definition) is 1. The second-order valence-electron chi connectivity index (χ2n) is 7.49. The zero-order valence-corrected chi connectivity index (χ0v) is 17.3. The van der Waals surface area contributed by atoms with Crippen LogP contribution in [-0.4, -0.2) is 51.3 Å². The summed E-state index contributed by atoms with van der Waals surface area (Å²) < 4.78 is 5.50. The SMILES string of the molecule is COC(C)(C)CN(C)c1ncccc1C(=O)Nc1cccc(N(C)C)c1C. The number of carbonyl (C=O) groups is 1. The number of rotatable bonds is 7. The Morgan fingerprint density at radius 1 is 1.19 bits per heavy atom. The van der Waals surface area contributed by atoms with E-state index >= 15 is 0 Å². The van der Waals surface area contributed by atoms with Gasteiger partial charge in [-0.25, -0.2) is 4.98 Å². The van der Waals surface area contributed by atoms with Crippen molar-refractivity contribution in [2.45, 2.75) is 26.4 Å². The van der Waals surface area contributed by atoms with Gasteiger partial charge < -0.3 is 19.9 Å². The molecule has 0 saturated heterocycles. The van der Waals surface area contributed by atoms with Crippen molar-refractivity contribution >= 4 is 23.1 Å². The lowest BCUT2D eigenvalue weighted by Gasteiger charge is -2.30. The van der Waals surface area contributed by atoms with Gasteiger partial charge in [0.25, 0.3) is 5.91 Å². The van der Waals surface area contributed by atoms with Gasteiger partial charge in [-0.3, -0.25) is 4.79 Å². The molecule has 1 aromatic heterocycles. The van der Waals surface area contributed by atoms with Crippen LogP contribution in [-0.2, 0) is 4.74 Å². The fourth-order valence-electron chi connectivity index (χ4n) is 3.02. The molecule has 0 aliphatic carbocycles. The summed E-state index contributed by atoms with van der Waals surface area (Å²) in [7, 11) is 7.57. The van der Waals surface area contributed by atoms with Crippen LogP contribution in [0, 0.1) is 6.92 Å². The van der Waals surface area contributed by atoms with E-state index in [1.54, 1.807) is 25.4 Å². The van der Waals surface area contributed by atoms with E-state index in [9.17, 15) is 4.79 Å². The Morgan fingerprint density at radius 2 is 1.89 bits per heavy atom. The molecule has 1 heterocycles. The van der Waals surface area contributed by atoms with Crippen molar-refractivity contribution in [3.05, 3.63) is 47.7 Å². The van der Waals surface area contributed by atoms with E-state index in [-0.39, 0.29) is 11.5 Å². The summed E-state index contributed by atoms with van der Waals surface area (Å²) in [6.45, 7) is 6.61. The first kappa shape index (κ1) is 20.7. The van der Waals surface area contributed by atoms with Gasteiger partial charge in [-0.05, 0) is 50.6 Å². The molecule has 0 radical (unpaired) electrons. The molecule has 0 atom stereocenters. The zero-order chi connectivity index (χ0) is 20.2. The molecule has 2 aromatic rings. The van der Waals surface area contributed by atoms with Crippen LogP contribution in [0.25, 0.3) is 0 Å². The van der Waals surface area contributed by atoms with Gasteiger partial charge in [-0.15, -0.1) is 0 Å². The Morgan fingerprint density at radius 3 is 2.52 bits per heavy atom. The number of carbonyl (C=O) groups excluding carboxylic acids is 1. The van der Waals surface area contributed by atoms with Crippen molar-refractivity contribution in [3.63, 3.8) is 0 Å². The average molecular weight is 370 g/mol. The summed E-state index contributed by atoms with van der Waals surface area (Å²) in [6, 6.07) is 9.44. The van der Waals surface area contributed by atoms with Gasteiger partial charge in [0.1, 0.15) is 5.82 Å². The van der Waals surface area contributed by atoms with Crippen molar-refractivity contribution < 1.29 is 9.53 Å². The van der Waals surface area contributed by atoms with Crippen molar-refractivity contribution in [1.82, 2.24) is 4.98 Å². The van der Waals surface area contributed by atoms with Gasteiger partial charge in [-0.2, -0.15) is 0 Å². The van der Waals surface area contributed by atoms with Gasteiger partial charge in [0, 0.05) is 52.4 Å². The molecule has 146 valence electrons. The normalized spacial score (nSPS) is 11.2. The number of benzene rings is 1. The van der Waals surface area contributed by atoms with Gasteiger partial charge >= 0.3 is 0 Å². The lowest BCUT2D eigenvalue weighted by atomic mass is 10.1. The van der Waals surface area contributed by atoms with Crippen LogP contribution < -0.4 is 15.1 Å². The van der Waals surface area contributed by atoms with Gasteiger partial charge in [0.15, 0.2) is 0 Å². The molecule has 27 heavy (non-hydrogen) atoms. The van der Waals surface area contributed by atoms with Crippen LogP contribution in [0.1, 0.15) is 29.8 Å². The Hall–Kier alpha value is -2.60. The number of nitrogens with zero attached hydrogens (tertiary/aromatic N) is 3. The maximum Gasteiger partial charge on any atom is 0.259 e. The predicted molar refractivity (Wildman–Crippen MR) is 112 cm³/mol. The minimum Gasteiger partial charge on any atom is -0.377 e. The van der Waals surface area contributed by atoms with Crippen LogP contribution in [0.3, 0.4) is 0 Å². The van der Waals surface area contributed by atoms with Gasteiger partial charge in [-0.1, -0.05) is 6.07 Å². The van der Waals surface area contributed by atoms with Crippen molar-refractivity contribution in [1.29, 1.82) is 0 Å². The predicted octanol–water partition coefficient (Wildman–Crippen LogP) is 3.57. The number of pyridine rings is 1. The lowest BCUT2D eigenvalue weighted by Crippen LogP contribution is -2.39. The molecule has 6 nitrogen and oxygen atoms in total. The number of ether oxygens (including phenoxy) is 1. The minimum atomic E-state index is -0.351. The molecule has 1 N–H and O–H groups in total. The maximum atomic E-state index is 13.0. The number of aromatic nitrogens is 1. The molecule has 0 spiro atoms. The van der Waals surface area contributed by atoms with Gasteiger partial charge in [0.05, 0.1) is 11.2 Å². The number of nitrogens with one attached hydrogen (secondary N) is 1. The second kappa shape index (κ2) is 8.39. The smallest absolute Gasteiger partial charge is 0.259 e. The molecule has 0 fully saturated rings. The number of hydrogen-bond acceptors (Lipinski definition) is 5. The molecule has 0 aliphatic heterocycles. The van der Waals surface area contributed by atoms with Crippen molar-refractivity contribution in [2.75, 3.05) is 49.9 Å². The van der Waals surface area contributed by atoms with Crippen LogP contribution in [0.4, 0.5) is 17.2 Å². The second-order valence-corrected chi connectivity index (χ2v) is 7.49. The third-order valence-corrected chi connectivity index (χ3v) is 4.60. The highest BCUT2D eigenvalue weighted by Crippen LogP contribution is 2.27. The largest absolute Gasteiger partial charge is 0.377 e. The Bertz CT molecular complexity index is 803. The molecule has 0 aliphatic rings. The van der Waals surface area contributed by atoms with E-state index in [2.05, 4.69) is 10.3 Å². The number of anilines is 3. The molecule has 0 unspecified atom stereocenters. The minimum absolute atomic E-state index is 0.181. The van der Waals surface area contributed by atoms with Crippen LogP contribution in [0.2, 0.25) is 0 Å². The van der Waals surface area contributed by atoms with E-state index < -0.39 is 0 Å². The Labute approximate surface area is 162 Å². The first-order valence-electron chi connectivity index (χ1n) is 8.96. The van der Waals surface area contributed by atoms with Gasteiger partial charge in [0.2, 0.25) is 0 Å². The lowest BCUT2D eigenvalue weighted by molar-refractivity contribution is 0.0297. The highest BCUT2D eigenvalue weighted by atomic mass is 16.5. The molecule has 0 saturated carbocycles. The standard InChI is InChI=1S/C21H30N4O2/c1-15-17(11-8-12-18(15)24(4)5)23-20(26)16-10-9-13-22-19(16)25(6)14-21(2,3)27-7/h8-13H,14H2,1-7H3,(H,23,26). The first-order valence-corrected chi connectivity index (χ1v) is 8.96. The molecular formula is C21H30N4O2. The third-order valence-electron chi connectivity index (χ3n) is 4.60. The summed E-state index contributed by atoms with van der Waals surface area (Å²) >= 11 is 0. The van der Waals surface area contributed by atoms with E-state index in [4.69, 9.17) is 4.74 Å². The van der Waals surface area contributed by atoms with Crippen molar-refractivity contribution in [2.24, 2.45) is 0 Å². The summed E-state index contributed by atoms with van der Waals surface area (Å²) in [6.07, 6.45) is 1.69. The summed E-state index contributed by atoms with van der Waals surface area (Å²) in [5, 5.41) is 3.03. The number of methoxy groups -OCH3 is 1. The molecule has 1 aromatic carbocycles. The molecule has 0 bridgehead atoms. The third kappa shape index (κ3) is 4.98. The highest BCUT2D eigenvalue weighted by Gasteiger charge is 2.23.